The van der Waals surface area contributed by atoms with E-state index in [0.29, 0.717) is 26.2 Å². The lowest BCUT2D eigenvalue weighted by atomic mass is 10.1. The smallest absolute Gasteiger partial charge is 0.277 e. The van der Waals surface area contributed by atoms with Crippen molar-refractivity contribution in [2.45, 2.75) is 6.54 Å². The van der Waals surface area contributed by atoms with Crippen LogP contribution in [0.1, 0.15) is 15.9 Å². The molecule has 1 fully saturated rings. The molecule has 0 aliphatic carbocycles. The maximum absolute atomic E-state index is 12.7. The van der Waals surface area contributed by atoms with Crippen molar-refractivity contribution in [2.75, 3.05) is 26.2 Å². The first-order valence-corrected chi connectivity index (χ1v) is 8.43. The number of non-ortho nitro benzene ring substituents is 2. The van der Waals surface area contributed by atoms with E-state index in [2.05, 4.69) is 4.90 Å². The van der Waals surface area contributed by atoms with Crippen LogP contribution in [0, 0.1) is 20.2 Å². The molecule has 0 unspecified atom stereocenters. The Bertz CT molecular complexity index is 831. The second-order valence-corrected chi connectivity index (χ2v) is 6.31. The number of carbonyl (C=O) groups is 1. The van der Waals surface area contributed by atoms with Gasteiger partial charge in [0.2, 0.25) is 0 Å². The predicted molar refractivity (Wildman–Crippen MR) is 97.4 cm³/mol. The molecule has 1 amide bonds. The predicted octanol–water partition coefficient (Wildman–Crippen LogP) is 2.46. The Labute approximate surface area is 155 Å². The Morgan fingerprint density at radius 3 is 1.96 bits per heavy atom. The fourth-order valence-corrected chi connectivity index (χ4v) is 3.06. The first-order chi connectivity index (χ1) is 12.9. The van der Waals surface area contributed by atoms with Gasteiger partial charge in [0.1, 0.15) is 0 Å². The minimum atomic E-state index is -0.735. The van der Waals surface area contributed by atoms with Crippen LogP contribution >= 0.6 is 0 Å². The lowest BCUT2D eigenvalue weighted by molar-refractivity contribution is -0.394. The second-order valence-electron chi connectivity index (χ2n) is 6.31. The van der Waals surface area contributed by atoms with Gasteiger partial charge in [-0.15, -0.1) is 0 Å². The average Bonchev–Trinajstić information content (AvgIpc) is 2.68. The lowest BCUT2D eigenvalue weighted by Gasteiger charge is -2.34. The van der Waals surface area contributed by atoms with Crippen molar-refractivity contribution in [1.82, 2.24) is 9.80 Å². The van der Waals surface area contributed by atoms with Crippen LogP contribution < -0.4 is 0 Å². The van der Waals surface area contributed by atoms with Crippen molar-refractivity contribution in [1.29, 1.82) is 0 Å². The van der Waals surface area contributed by atoms with Gasteiger partial charge in [-0.3, -0.25) is 29.9 Å². The highest BCUT2D eigenvalue weighted by Crippen LogP contribution is 2.24. The number of rotatable bonds is 5. The summed E-state index contributed by atoms with van der Waals surface area (Å²) in [6, 6.07) is 13.0. The standard InChI is InChI=1S/C18H18N4O5/c23-18(15-10-16(21(24)25)12-17(11-15)22(26)27)20-8-6-19(7-9-20)13-14-4-2-1-3-5-14/h1-5,10-12H,6-9,13H2. The first kappa shape index (κ1) is 18.5. The normalized spacial score (nSPS) is 14.7. The number of amides is 1. The molecule has 9 heteroatoms. The molecule has 1 heterocycles. The molecule has 2 aromatic carbocycles. The third-order valence-corrected chi connectivity index (χ3v) is 4.48. The Balaban J connectivity index is 1.68. The number of piperazine rings is 1. The summed E-state index contributed by atoms with van der Waals surface area (Å²) >= 11 is 0. The van der Waals surface area contributed by atoms with Gasteiger partial charge in [-0.05, 0) is 5.56 Å². The summed E-state index contributed by atoms with van der Waals surface area (Å²) in [7, 11) is 0. The molecule has 0 saturated carbocycles. The molecule has 0 radical (unpaired) electrons. The topological polar surface area (TPSA) is 110 Å². The first-order valence-electron chi connectivity index (χ1n) is 8.43. The molecule has 0 atom stereocenters. The van der Waals surface area contributed by atoms with Crippen LogP contribution in [0.25, 0.3) is 0 Å². The molecule has 27 heavy (non-hydrogen) atoms. The van der Waals surface area contributed by atoms with Crippen LogP contribution in [-0.4, -0.2) is 51.7 Å². The number of hydrogen-bond donors (Lipinski definition) is 0. The SMILES string of the molecule is O=C(c1cc([N+](=O)[O-])cc([N+](=O)[O-])c1)N1CCN(Cc2ccccc2)CC1. The number of benzene rings is 2. The summed E-state index contributed by atoms with van der Waals surface area (Å²) in [5.41, 5.74) is 0.226. The maximum atomic E-state index is 12.7. The van der Waals surface area contributed by atoms with Crippen molar-refractivity contribution < 1.29 is 14.6 Å². The molecular formula is C18H18N4O5. The van der Waals surface area contributed by atoms with Crippen LogP contribution in [0.4, 0.5) is 11.4 Å². The highest BCUT2D eigenvalue weighted by Gasteiger charge is 2.26. The Morgan fingerprint density at radius 1 is 0.889 bits per heavy atom. The summed E-state index contributed by atoms with van der Waals surface area (Å²) < 4.78 is 0. The zero-order valence-electron chi connectivity index (χ0n) is 14.5. The average molecular weight is 370 g/mol. The molecule has 1 aliphatic heterocycles. The van der Waals surface area contributed by atoms with Gasteiger partial charge in [0, 0.05) is 44.9 Å². The quantitative estimate of drug-likeness (QED) is 0.591. The minimum absolute atomic E-state index is 0.0348. The minimum Gasteiger partial charge on any atom is -0.336 e. The van der Waals surface area contributed by atoms with Gasteiger partial charge in [-0.25, -0.2) is 0 Å². The van der Waals surface area contributed by atoms with Crippen molar-refractivity contribution in [3.8, 4) is 0 Å². The Kier molecular flexibility index (Phi) is 5.41. The van der Waals surface area contributed by atoms with E-state index in [1.165, 1.54) is 5.56 Å². The maximum Gasteiger partial charge on any atom is 0.277 e. The molecule has 1 aliphatic rings. The van der Waals surface area contributed by atoms with Crippen LogP contribution in [0.3, 0.4) is 0 Å². The van der Waals surface area contributed by atoms with Gasteiger partial charge in [0.05, 0.1) is 21.5 Å². The van der Waals surface area contributed by atoms with Gasteiger partial charge in [0.25, 0.3) is 17.3 Å². The van der Waals surface area contributed by atoms with Crippen molar-refractivity contribution in [3.63, 3.8) is 0 Å². The number of nitro benzene ring substituents is 2. The zero-order chi connectivity index (χ0) is 19.4. The fourth-order valence-electron chi connectivity index (χ4n) is 3.06. The molecule has 0 bridgehead atoms. The third-order valence-electron chi connectivity index (χ3n) is 4.48. The van der Waals surface area contributed by atoms with E-state index in [1.54, 1.807) is 4.90 Å². The molecule has 140 valence electrons. The van der Waals surface area contributed by atoms with Gasteiger partial charge >= 0.3 is 0 Å². The van der Waals surface area contributed by atoms with E-state index in [-0.39, 0.29) is 5.56 Å². The number of hydrogen-bond acceptors (Lipinski definition) is 6. The Morgan fingerprint density at radius 2 is 1.44 bits per heavy atom. The highest BCUT2D eigenvalue weighted by molar-refractivity contribution is 5.95. The number of nitrogens with zero attached hydrogens (tertiary/aromatic N) is 4. The van der Waals surface area contributed by atoms with Crippen LogP contribution in [-0.2, 0) is 6.54 Å². The van der Waals surface area contributed by atoms with Crippen molar-refractivity contribution in [2.24, 2.45) is 0 Å². The number of nitro groups is 2. The van der Waals surface area contributed by atoms with E-state index >= 15 is 0 Å². The molecule has 3 rings (SSSR count). The van der Waals surface area contributed by atoms with Crippen molar-refractivity contribution >= 4 is 17.3 Å². The highest BCUT2D eigenvalue weighted by atomic mass is 16.6. The molecule has 2 aromatic rings. The molecule has 1 saturated heterocycles. The van der Waals surface area contributed by atoms with Crippen LogP contribution in [0.15, 0.2) is 48.5 Å². The monoisotopic (exact) mass is 370 g/mol. The number of carbonyl (C=O) groups excluding carboxylic acids is 1. The molecule has 0 N–H and O–H groups in total. The van der Waals surface area contributed by atoms with E-state index < -0.39 is 27.1 Å². The largest absolute Gasteiger partial charge is 0.336 e. The molecular weight excluding hydrogens is 352 g/mol. The Hall–Kier alpha value is -3.33. The van der Waals surface area contributed by atoms with Crippen LogP contribution in [0.2, 0.25) is 0 Å². The van der Waals surface area contributed by atoms with Gasteiger partial charge in [-0.1, -0.05) is 30.3 Å². The third kappa shape index (κ3) is 4.45. The van der Waals surface area contributed by atoms with Crippen molar-refractivity contribution in [3.05, 3.63) is 79.9 Å². The molecule has 9 nitrogen and oxygen atoms in total. The van der Waals surface area contributed by atoms with E-state index in [9.17, 15) is 25.0 Å². The fraction of sp³-hybridized carbons (Fsp3) is 0.278. The summed E-state index contributed by atoms with van der Waals surface area (Å²) in [4.78, 5) is 37.0. The zero-order valence-corrected chi connectivity index (χ0v) is 14.5. The van der Waals surface area contributed by atoms with Gasteiger partial charge < -0.3 is 4.90 Å². The van der Waals surface area contributed by atoms with E-state index in [1.807, 2.05) is 30.3 Å². The second kappa shape index (κ2) is 7.92. The lowest BCUT2D eigenvalue weighted by Crippen LogP contribution is -2.48. The van der Waals surface area contributed by atoms with Gasteiger partial charge in [-0.2, -0.15) is 0 Å². The summed E-state index contributed by atoms with van der Waals surface area (Å²) in [5, 5.41) is 22.0. The summed E-state index contributed by atoms with van der Waals surface area (Å²) in [5.74, 6) is -0.429. The van der Waals surface area contributed by atoms with E-state index in [0.717, 1.165) is 24.7 Å². The summed E-state index contributed by atoms with van der Waals surface area (Å²) in [6.45, 7) is 3.03. The van der Waals surface area contributed by atoms with Gasteiger partial charge in [0.15, 0.2) is 0 Å². The molecule has 0 aromatic heterocycles. The molecule has 0 spiro atoms. The summed E-state index contributed by atoms with van der Waals surface area (Å²) in [6.07, 6.45) is 0. The van der Waals surface area contributed by atoms with E-state index in [4.69, 9.17) is 0 Å². The van der Waals surface area contributed by atoms with Crippen LogP contribution in [0.5, 0.6) is 0 Å².